The Hall–Kier alpha value is -1.60. The van der Waals surface area contributed by atoms with Crippen LogP contribution in [-0.2, 0) is 0 Å². The lowest BCUT2D eigenvalue weighted by Crippen LogP contribution is -2.16. The molecular weight excluding hydrogens is 218 g/mol. The van der Waals surface area contributed by atoms with E-state index in [-0.39, 0.29) is 0 Å². The van der Waals surface area contributed by atoms with Gasteiger partial charge in [0.1, 0.15) is 0 Å². The Morgan fingerprint density at radius 2 is 1.94 bits per heavy atom. The van der Waals surface area contributed by atoms with E-state index in [0.717, 1.165) is 12.8 Å². The van der Waals surface area contributed by atoms with Crippen LogP contribution in [0, 0.1) is 0 Å². The molecule has 0 fully saturated rings. The van der Waals surface area contributed by atoms with Crippen LogP contribution in [0.5, 0.6) is 0 Å². The molecule has 1 heteroatoms. The van der Waals surface area contributed by atoms with Crippen LogP contribution >= 0.6 is 0 Å². The number of hydrogen-bond donors (Lipinski definition) is 1. The van der Waals surface area contributed by atoms with Gasteiger partial charge < -0.3 is 5.32 Å². The zero-order chi connectivity index (χ0) is 12.8. The molecule has 0 bridgehead atoms. The van der Waals surface area contributed by atoms with Crippen molar-refractivity contribution in [2.24, 2.45) is 0 Å². The number of unbranched alkanes of at least 4 members (excludes halogenated alkanes) is 1. The molecule has 0 aliphatic heterocycles. The van der Waals surface area contributed by atoms with Gasteiger partial charge in [0.2, 0.25) is 0 Å². The molecule has 1 N–H and O–H groups in total. The largest absolute Gasteiger partial charge is 0.313 e. The normalized spacial score (nSPS) is 12.5. The molecule has 0 saturated heterocycles. The van der Waals surface area contributed by atoms with Crippen LogP contribution in [0.4, 0.5) is 0 Å². The molecule has 1 atom stereocenters. The Balaban J connectivity index is 2.29. The summed E-state index contributed by atoms with van der Waals surface area (Å²) in [4.78, 5) is 0. The Labute approximate surface area is 110 Å². The molecule has 0 saturated carbocycles. The van der Waals surface area contributed by atoms with E-state index in [1.807, 2.05) is 13.1 Å². The summed E-state index contributed by atoms with van der Waals surface area (Å²) in [6.45, 7) is 3.79. The van der Waals surface area contributed by atoms with Crippen molar-refractivity contribution < 1.29 is 0 Å². The van der Waals surface area contributed by atoms with E-state index >= 15 is 0 Å². The number of allylic oxidation sites excluding steroid dienone is 1. The molecule has 0 aliphatic carbocycles. The van der Waals surface area contributed by atoms with E-state index in [1.165, 1.54) is 22.8 Å². The van der Waals surface area contributed by atoms with Crippen LogP contribution < -0.4 is 5.32 Å². The number of fused-ring (bicyclic) bond motifs is 1. The zero-order valence-electron chi connectivity index (χ0n) is 11.0. The maximum atomic E-state index is 3.79. The van der Waals surface area contributed by atoms with Gasteiger partial charge in [-0.25, -0.2) is 0 Å². The van der Waals surface area contributed by atoms with Gasteiger partial charge in [0.05, 0.1) is 0 Å². The highest BCUT2D eigenvalue weighted by molar-refractivity contribution is 5.86. The first-order valence-electron chi connectivity index (χ1n) is 6.62. The molecule has 0 aromatic heterocycles. The van der Waals surface area contributed by atoms with Gasteiger partial charge >= 0.3 is 0 Å². The number of benzene rings is 2. The van der Waals surface area contributed by atoms with Crippen LogP contribution in [0.15, 0.2) is 55.1 Å². The minimum atomic E-state index is 0.427. The van der Waals surface area contributed by atoms with Gasteiger partial charge in [-0.2, -0.15) is 0 Å². The molecule has 0 amide bonds. The molecular formula is C17H21N. The zero-order valence-corrected chi connectivity index (χ0v) is 11.0. The average molecular weight is 239 g/mol. The molecule has 1 nitrogen and oxygen atoms in total. The van der Waals surface area contributed by atoms with Crippen LogP contribution in [-0.4, -0.2) is 7.05 Å². The van der Waals surface area contributed by atoms with Crippen molar-refractivity contribution in [3.05, 3.63) is 60.7 Å². The van der Waals surface area contributed by atoms with Gasteiger partial charge in [-0.15, -0.1) is 6.58 Å². The summed E-state index contributed by atoms with van der Waals surface area (Å²) in [5.41, 5.74) is 1.40. The molecule has 0 aliphatic rings. The fraction of sp³-hybridized carbons (Fsp3) is 0.294. The second-order valence-electron chi connectivity index (χ2n) is 4.63. The van der Waals surface area contributed by atoms with Crippen molar-refractivity contribution in [1.82, 2.24) is 5.32 Å². The maximum Gasteiger partial charge on any atom is 0.0323 e. The highest BCUT2D eigenvalue weighted by atomic mass is 14.9. The van der Waals surface area contributed by atoms with Crippen molar-refractivity contribution in [1.29, 1.82) is 0 Å². The summed E-state index contributed by atoms with van der Waals surface area (Å²) in [6, 6.07) is 15.6. The first-order valence-corrected chi connectivity index (χ1v) is 6.62. The van der Waals surface area contributed by atoms with Crippen LogP contribution in [0.2, 0.25) is 0 Å². The van der Waals surface area contributed by atoms with E-state index in [1.54, 1.807) is 0 Å². The molecule has 94 valence electrons. The predicted octanol–water partition coefficient (Wildman–Crippen LogP) is 4.46. The van der Waals surface area contributed by atoms with Gasteiger partial charge in [0, 0.05) is 6.04 Å². The summed E-state index contributed by atoms with van der Waals surface area (Å²) >= 11 is 0. The Kier molecular flexibility index (Phi) is 4.54. The summed E-state index contributed by atoms with van der Waals surface area (Å²) < 4.78 is 0. The first kappa shape index (κ1) is 12.8. The van der Waals surface area contributed by atoms with E-state index in [9.17, 15) is 0 Å². The summed E-state index contributed by atoms with van der Waals surface area (Å²) in [5.74, 6) is 0. The van der Waals surface area contributed by atoms with Crippen molar-refractivity contribution in [2.45, 2.75) is 25.3 Å². The highest BCUT2D eigenvalue weighted by Gasteiger charge is 2.11. The SMILES string of the molecule is C=CCCCC(NC)c1cccc2ccccc12. The second kappa shape index (κ2) is 6.36. The number of nitrogens with one attached hydrogen (secondary N) is 1. The molecule has 18 heavy (non-hydrogen) atoms. The average Bonchev–Trinajstić information content (AvgIpc) is 2.43. The monoisotopic (exact) mass is 239 g/mol. The Morgan fingerprint density at radius 3 is 2.72 bits per heavy atom. The quantitative estimate of drug-likeness (QED) is 0.580. The van der Waals surface area contributed by atoms with Crippen molar-refractivity contribution in [2.75, 3.05) is 7.05 Å². The smallest absolute Gasteiger partial charge is 0.0323 e. The molecule has 0 heterocycles. The fourth-order valence-electron chi connectivity index (χ4n) is 2.48. The Bertz CT molecular complexity index is 511. The number of rotatable bonds is 6. The lowest BCUT2D eigenvalue weighted by atomic mass is 9.95. The topological polar surface area (TPSA) is 12.0 Å². The molecule has 2 rings (SSSR count). The van der Waals surface area contributed by atoms with E-state index < -0.39 is 0 Å². The summed E-state index contributed by atoms with van der Waals surface area (Å²) in [5, 5.41) is 6.11. The Morgan fingerprint density at radius 1 is 1.17 bits per heavy atom. The van der Waals surface area contributed by atoms with Crippen molar-refractivity contribution >= 4 is 10.8 Å². The molecule has 0 radical (unpaired) electrons. The molecule has 1 unspecified atom stereocenters. The third-order valence-electron chi connectivity index (χ3n) is 3.45. The minimum Gasteiger partial charge on any atom is -0.313 e. The van der Waals surface area contributed by atoms with Crippen LogP contribution in [0.3, 0.4) is 0 Å². The molecule has 2 aromatic rings. The summed E-state index contributed by atoms with van der Waals surface area (Å²) in [6.07, 6.45) is 5.41. The lowest BCUT2D eigenvalue weighted by Gasteiger charge is -2.18. The number of hydrogen-bond acceptors (Lipinski definition) is 1. The third kappa shape index (κ3) is 2.80. The standard InChI is InChI=1S/C17H21N/c1-3-4-5-13-17(18-2)16-12-8-10-14-9-6-7-11-15(14)16/h3,6-12,17-18H,1,4-5,13H2,2H3. The van der Waals surface area contributed by atoms with E-state index in [0.29, 0.717) is 6.04 Å². The van der Waals surface area contributed by atoms with E-state index in [4.69, 9.17) is 0 Å². The second-order valence-corrected chi connectivity index (χ2v) is 4.63. The third-order valence-corrected chi connectivity index (χ3v) is 3.45. The minimum absolute atomic E-state index is 0.427. The van der Waals surface area contributed by atoms with Gasteiger partial charge in [0.15, 0.2) is 0 Å². The van der Waals surface area contributed by atoms with Gasteiger partial charge in [-0.1, -0.05) is 48.5 Å². The van der Waals surface area contributed by atoms with Gasteiger partial charge in [-0.3, -0.25) is 0 Å². The maximum absolute atomic E-state index is 3.79. The van der Waals surface area contributed by atoms with Crippen LogP contribution in [0.1, 0.15) is 30.9 Å². The molecule has 2 aromatic carbocycles. The van der Waals surface area contributed by atoms with E-state index in [2.05, 4.69) is 54.4 Å². The van der Waals surface area contributed by atoms with Crippen molar-refractivity contribution in [3.63, 3.8) is 0 Å². The highest BCUT2D eigenvalue weighted by Crippen LogP contribution is 2.27. The summed E-state index contributed by atoms with van der Waals surface area (Å²) in [7, 11) is 2.04. The van der Waals surface area contributed by atoms with Gasteiger partial charge in [0.25, 0.3) is 0 Å². The van der Waals surface area contributed by atoms with Crippen molar-refractivity contribution in [3.8, 4) is 0 Å². The van der Waals surface area contributed by atoms with Gasteiger partial charge in [-0.05, 0) is 42.6 Å². The first-order chi connectivity index (χ1) is 8.86. The predicted molar refractivity (Wildman–Crippen MR) is 79.8 cm³/mol. The molecule has 0 spiro atoms. The lowest BCUT2D eigenvalue weighted by molar-refractivity contribution is 0.533. The fourth-order valence-corrected chi connectivity index (χ4v) is 2.48. The van der Waals surface area contributed by atoms with Crippen LogP contribution in [0.25, 0.3) is 10.8 Å².